The van der Waals surface area contributed by atoms with Crippen molar-refractivity contribution in [1.82, 2.24) is 0 Å². The molecule has 94 valence electrons. The quantitative estimate of drug-likeness (QED) is 0.335. The van der Waals surface area contributed by atoms with Crippen molar-refractivity contribution in [2.24, 2.45) is 0 Å². The first kappa shape index (κ1) is 15.9. The molecule has 0 aromatic heterocycles. The summed E-state index contributed by atoms with van der Waals surface area (Å²) in [5, 5.41) is 0. The van der Waals surface area contributed by atoms with E-state index in [1.54, 1.807) is 0 Å². The molecule has 0 radical (unpaired) electrons. The van der Waals surface area contributed by atoms with E-state index in [1.165, 1.54) is 6.92 Å². The number of esters is 1. The zero-order chi connectivity index (χ0) is 12.8. The molecule has 0 fully saturated rings. The van der Waals surface area contributed by atoms with Crippen LogP contribution in [0.1, 0.15) is 13.3 Å². The largest absolute Gasteiger partial charge is 0.469 e. The highest BCUT2D eigenvalue weighted by atomic mass is 35.5. The van der Waals surface area contributed by atoms with Gasteiger partial charge in [0.15, 0.2) is 0 Å². The van der Waals surface area contributed by atoms with Crippen molar-refractivity contribution in [1.29, 1.82) is 0 Å². The molecule has 2 N–H and O–H groups in total. The smallest absolute Gasteiger partial charge is 0.462 e. The number of halogens is 2. The van der Waals surface area contributed by atoms with Gasteiger partial charge in [-0.05, 0) is 6.92 Å². The van der Waals surface area contributed by atoms with Crippen LogP contribution in [0.15, 0.2) is 10.1 Å². The van der Waals surface area contributed by atoms with E-state index in [2.05, 4.69) is 9.26 Å². The number of carbonyl (C=O) groups is 1. The van der Waals surface area contributed by atoms with Crippen molar-refractivity contribution in [3.63, 3.8) is 0 Å². The Balaban J connectivity index is 3.73. The first-order valence-electron chi connectivity index (χ1n) is 4.13. The van der Waals surface area contributed by atoms with Crippen LogP contribution in [0.3, 0.4) is 0 Å². The van der Waals surface area contributed by atoms with E-state index < -0.39 is 13.8 Å². The van der Waals surface area contributed by atoms with Gasteiger partial charge in [-0.2, -0.15) is 0 Å². The third kappa shape index (κ3) is 8.10. The summed E-state index contributed by atoms with van der Waals surface area (Å²) in [6.45, 7) is 1.13. The van der Waals surface area contributed by atoms with Crippen LogP contribution in [0.5, 0.6) is 0 Å². The van der Waals surface area contributed by atoms with Crippen molar-refractivity contribution < 1.29 is 28.4 Å². The van der Waals surface area contributed by atoms with Gasteiger partial charge in [0.1, 0.15) is 4.49 Å². The van der Waals surface area contributed by atoms with Gasteiger partial charge in [-0.1, -0.05) is 23.2 Å². The third-order valence-corrected chi connectivity index (χ3v) is 2.46. The average Bonchev–Trinajstić information content (AvgIpc) is 2.13. The maximum atomic E-state index is 11.1. The van der Waals surface area contributed by atoms with Gasteiger partial charge in [-0.25, -0.2) is 9.36 Å². The number of hydrogen-bond donors (Lipinski definition) is 2. The second-order valence-corrected chi connectivity index (χ2v) is 4.89. The Hall–Kier alpha value is -0.100. The van der Waals surface area contributed by atoms with Crippen LogP contribution in [-0.2, 0) is 18.6 Å². The molecule has 0 saturated carbocycles. The Kier molecular flexibility index (Phi) is 7.22. The monoisotopic (exact) mass is 292 g/mol. The molecule has 6 nitrogen and oxygen atoms in total. The lowest BCUT2D eigenvalue weighted by Gasteiger charge is -2.06. The second-order valence-electron chi connectivity index (χ2n) is 2.70. The van der Waals surface area contributed by atoms with Gasteiger partial charge in [0.25, 0.3) is 0 Å². The summed E-state index contributed by atoms with van der Waals surface area (Å²) in [5.74, 6) is -0.684. The molecule has 0 aliphatic carbocycles. The lowest BCUT2D eigenvalue weighted by atomic mass is 10.3. The Morgan fingerprint density at radius 1 is 1.31 bits per heavy atom. The van der Waals surface area contributed by atoms with Crippen LogP contribution in [-0.4, -0.2) is 29.0 Å². The molecular formula is C7H11Cl2O6P. The van der Waals surface area contributed by atoms with Gasteiger partial charge >= 0.3 is 13.8 Å². The standard InChI is InChI=1S/C7H11Cl2O6P/c1-5(6(8)9)7(10)14-3-2-4-15-16(11,12)13/h2-4H2,1H3,(H2,11,12,13). The maximum absolute atomic E-state index is 11.1. The topological polar surface area (TPSA) is 93.1 Å². The summed E-state index contributed by atoms with van der Waals surface area (Å²) in [4.78, 5) is 27.8. The Morgan fingerprint density at radius 2 is 1.88 bits per heavy atom. The molecule has 0 bridgehead atoms. The summed E-state index contributed by atoms with van der Waals surface area (Å²) in [6.07, 6.45) is 0.157. The fourth-order valence-electron chi connectivity index (χ4n) is 0.593. The van der Waals surface area contributed by atoms with Gasteiger partial charge in [-0.3, -0.25) is 4.52 Å². The zero-order valence-corrected chi connectivity index (χ0v) is 10.8. The molecule has 0 spiro atoms. The van der Waals surface area contributed by atoms with E-state index in [1.807, 2.05) is 0 Å². The fraction of sp³-hybridized carbons (Fsp3) is 0.571. The van der Waals surface area contributed by atoms with Gasteiger partial charge < -0.3 is 14.5 Å². The first-order chi connectivity index (χ1) is 7.24. The van der Waals surface area contributed by atoms with E-state index in [-0.39, 0.29) is 29.7 Å². The van der Waals surface area contributed by atoms with Crippen LogP contribution in [0.4, 0.5) is 0 Å². The predicted octanol–water partition coefficient (Wildman–Crippen LogP) is 1.74. The average molecular weight is 293 g/mol. The molecule has 0 aliphatic rings. The zero-order valence-electron chi connectivity index (χ0n) is 8.35. The first-order valence-corrected chi connectivity index (χ1v) is 6.41. The van der Waals surface area contributed by atoms with Crippen LogP contribution < -0.4 is 0 Å². The molecule has 0 unspecified atom stereocenters. The van der Waals surface area contributed by atoms with Crippen LogP contribution >= 0.6 is 31.0 Å². The molecule has 0 atom stereocenters. The number of phosphoric ester groups is 1. The predicted molar refractivity (Wildman–Crippen MR) is 58.0 cm³/mol. The third-order valence-electron chi connectivity index (χ3n) is 1.37. The van der Waals surface area contributed by atoms with E-state index in [9.17, 15) is 9.36 Å². The highest BCUT2D eigenvalue weighted by Crippen LogP contribution is 2.35. The van der Waals surface area contributed by atoms with Crippen LogP contribution in [0, 0.1) is 0 Å². The number of ether oxygens (including phenoxy) is 1. The minimum atomic E-state index is -4.46. The summed E-state index contributed by atoms with van der Waals surface area (Å²) >= 11 is 10.7. The number of hydrogen-bond acceptors (Lipinski definition) is 4. The summed E-state index contributed by atoms with van der Waals surface area (Å²) in [7, 11) is -4.46. The van der Waals surface area contributed by atoms with E-state index in [0.717, 1.165) is 0 Å². The molecule has 0 aromatic carbocycles. The Labute approximate surface area is 102 Å². The van der Waals surface area contributed by atoms with Crippen LogP contribution in [0.25, 0.3) is 0 Å². The maximum Gasteiger partial charge on any atom is 0.469 e. The normalized spacial score (nSPS) is 11.1. The van der Waals surface area contributed by atoms with Crippen LogP contribution in [0.2, 0.25) is 0 Å². The SMILES string of the molecule is CC(C(=O)OCCCOP(=O)(O)O)=C(Cl)Cl. The Morgan fingerprint density at radius 3 is 2.31 bits per heavy atom. The second kappa shape index (κ2) is 7.27. The molecule has 0 rings (SSSR count). The van der Waals surface area contributed by atoms with Gasteiger partial charge in [-0.15, -0.1) is 0 Å². The van der Waals surface area contributed by atoms with Crippen molar-refractivity contribution in [3.8, 4) is 0 Å². The van der Waals surface area contributed by atoms with Gasteiger partial charge in [0, 0.05) is 6.42 Å². The fourth-order valence-corrected chi connectivity index (χ4v) is 1.11. The molecule has 0 heterocycles. The highest BCUT2D eigenvalue weighted by molar-refractivity contribution is 7.46. The molecule has 0 saturated heterocycles. The number of carbonyl (C=O) groups excluding carboxylic acids is 1. The molecule has 9 heteroatoms. The summed E-state index contributed by atoms with van der Waals surface area (Å²) < 4.78 is 18.9. The number of rotatable bonds is 6. The summed E-state index contributed by atoms with van der Waals surface area (Å²) in [6, 6.07) is 0. The minimum absolute atomic E-state index is 0.0444. The van der Waals surface area contributed by atoms with E-state index in [4.69, 9.17) is 33.0 Å². The van der Waals surface area contributed by atoms with E-state index >= 15 is 0 Å². The molecule has 0 aromatic rings. The van der Waals surface area contributed by atoms with Crippen molar-refractivity contribution in [2.75, 3.05) is 13.2 Å². The lowest BCUT2D eigenvalue weighted by Crippen LogP contribution is -2.09. The van der Waals surface area contributed by atoms with Crippen molar-refractivity contribution >= 4 is 37.0 Å². The highest BCUT2D eigenvalue weighted by Gasteiger charge is 2.13. The molecule has 16 heavy (non-hydrogen) atoms. The molecule has 0 aliphatic heterocycles. The molecular weight excluding hydrogens is 282 g/mol. The molecule has 0 amide bonds. The van der Waals surface area contributed by atoms with Crippen molar-refractivity contribution in [2.45, 2.75) is 13.3 Å². The minimum Gasteiger partial charge on any atom is -0.462 e. The van der Waals surface area contributed by atoms with E-state index in [0.29, 0.717) is 0 Å². The van der Waals surface area contributed by atoms with Gasteiger partial charge in [0.05, 0.1) is 18.8 Å². The lowest BCUT2D eigenvalue weighted by molar-refractivity contribution is -0.139. The van der Waals surface area contributed by atoms with Gasteiger partial charge in [0.2, 0.25) is 0 Å². The number of phosphoric acid groups is 1. The summed E-state index contributed by atoms with van der Waals surface area (Å²) in [5.41, 5.74) is 0.0687. The van der Waals surface area contributed by atoms with Crippen molar-refractivity contribution in [3.05, 3.63) is 10.1 Å². The Bertz CT molecular complexity index is 319.